The summed E-state index contributed by atoms with van der Waals surface area (Å²) >= 11 is 7.66. The van der Waals surface area contributed by atoms with E-state index in [0.29, 0.717) is 40.2 Å². The molecule has 2 aromatic carbocycles. The van der Waals surface area contributed by atoms with Gasteiger partial charge < -0.3 is 20.1 Å². The monoisotopic (exact) mass is 475 g/mol. The zero-order chi connectivity index (χ0) is 22.7. The van der Waals surface area contributed by atoms with Gasteiger partial charge in [-0.15, -0.1) is 11.8 Å². The molecule has 1 atom stereocenters. The van der Waals surface area contributed by atoms with Crippen LogP contribution >= 0.6 is 23.4 Å². The lowest BCUT2D eigenvalue weighted by Crippen LogP contribution is -2.46. The molecule has 168 valence electrons. The number of amides is 4. The Morgan fingerprint density at radius 3 is 2.78 bits per heavy atom. The maximum absolute atomic E-state index is 12.9. The van der Waals surface area contributed by atoms with Gasteiger partial charge in [-0.05, 0) is 36.8 Å². The van der Waals surface area contributed by atoms with Crippen LogP contribution in [0.4, 0.5) is 4.79 Å². The summed E-state index contributed by atoms with van der Waals surface area (Å²) in [6, 6.07) is 10.2. The highest BCUT2D eigenvalue weighted by Gasteiger charge is 2.41. The van der Waals surface area contributed by atoms with Crippen LogP contribution in [-0.4, -0.2) is 42.4 Å². The molecule has 0 radical (unpaired) electrons. The molecule has 32 heavy (non-hydrogen) atoms. The van der Waals surface area contributed by atoms with Crippen molar-refractivity contribution in [2.45, 2.75) is 30.3 Å². The molecule has 1 saturated heterocycles. The third-order valence-corrected chi connectivity index (χ3v) is 6.75. The van der Waals surface area contributed by atoms with Crippen molar-refractivity contribution in [1.29, 1.82) is 0 Å². The first-order valence-electron chi connectivity index (χ1n) is 10.1. The fourth-order valence-corrected chi connectivity index (χ4v) is 4.77. The van der Waals surface area contributed by atoms with Crippen LogP contribution in [-0.2, 0) is 11.3 Å². The van der Waals surface area contributed by atoms with Gasteiger partial charge in [-0.1, -0.05) is 23.7 Å². The topological polar surface area (TPSA) is 106 Å². The third-order valence-electron chi connectivity index (χ3n) is 5.08. The lowest BCUT2D eigenvalue weighted by atomic mass is 10.1. The molecule has 2 heterocycles. The van der Waals surface area contributed by atoms with Gasteiger partial charge in [0.2, 0.25) is 0 Å². The van der Waals surface area contributed by atoms with E-state index in [1.807, 2.05) is 18.2 Å². The van der Waals surface area contributed by atoms with Crippen molar-refractivity contribution in [3.8, 4) is 11.5 Å². The molecule has 1 fully saturated rings. The number of urea groups is 1. The molecule has 2 aliphatic heterocycles. The summed E-state index contributed by atoms with van der Waals surface area (Å²) in [7, 11) is 0. The molecule has 0 aromatic heterocycles. The quantitative estimate of drug-likeness (QED) is 0.438. The Morgan fingerprint density at radius 1 is 1.22 bits per heavy atom. The number of hydrogen-bond acceptors (Lipinski definition) is 6. The van der Waals surface area contributed by atoms with Crippen LogP contribution in [0.5, 0.6) is 11.5 Å². The van der Waals surface area contributed by atoms with Gasteiger partial charge in [-0.3, -0.25) is 14.9 Å². The average Bonchev–Trinajstić information content (AvgIpc) is 2.92. The van der Waals surface area contributed by atoms with Crippen molar-refractivity contribution >= 4 is 41.2 Å². The smallest absolute Gasteiger partial charge is 0.322 e. The van der Waals surface area contributed by atoms with E-state index in [-0.39, 0.29) is 24.1 Å². The molecule has 10 heteroatoms. The zero-order valence-corrected chi connectivity index (χ0v) is 18.9. The average molecular weight is 476 g/mol. The lowest BCUT2D eigenvalue weighted by Gasteiger charge is -2.20. The minimum absolute atomic E-state index is 0.254. The molecule has 4 rings (SSSR count). The number of carbonyl (C=O) groups excluding carboxylic acids is 3. The van der Waals surface area contributed by atoms with Crippen LogP contribution in [0.25, 0.3) is 0 Å². The second-order valence-corrected chi connectivity index (χ2v) is 9.09. The Kier molecular flexibility index (Phi) is 6.48. The molecule has 0 spiro atoms. The predicted octanol–water partition coefficient (Wildman–Crippen LogP) is 3.12. The summed E-state index contributed by atoms with van der Waals surface area (Å²) in [5.41, 5.74) is 0.230. The van der Waals surface area contributed by atoms with Gasteiger partial charge >= 0.3 is 6.03 Å². The van der Waals surface area contributed by atoms with Crippen LogP contribution in [0.1, 0.15) is 29.3 Å². The maximum Gasteiger partial charge on any atom is 0.322 e. The number of fused-ring (bicyclic) bond motifs is 1. The van der Waals surface area contributed by atoms with Gasteiger partial charge in [0.25, 0.3) is 11.8 Å². The van der Waals surface area contributed by atoms with Crippen LogP contribution in [0.3, 0.4) is 0 Å². The summed E-state index contributed by atoms with van der Waals surface area (Å²) in [5, 5.41) is 8.20. The largest absolute Gasteiger partial charge is 0.489 e. The predicted molar refractivity (Wildman–Crippen MR) is 120 cm³/mol. The number of halogens is 1. The highest BCUT2D eigenvalue weighted by Crippen LogP contribution is 2.38. The number of hydrogen-bond donors (Lipinski definition) is 3. The molecule has 2 aromatic rings. The van der Waals surface area contributed by atoms with Gasteiger partial charge in [-0.2, -0.15) is 0 Å². The molecule has 0 aliphatic carbocycles. The Labute approximate surface area is 194 Å². The minimum atomic E-state index is -1.04. The Bertz CT molecular complexity index is 1080. The van der Waals surface area contributed by atoms with E-state index in [1.54, 1.807) is 25.1 Å². The van der Waals surface area contributed by atoms with Crippen molar-refractivity contribution in [2.75, 3.05) is 19.0 Å². The Morgan fingerprint density at radius 2 is 2.00 bits per heavy atom. The number of carbonyl (C=O) groups is 3. The van der Waals surface area contributed by atoms with E-state index in [0.717, 1.165) is 12.0 Å². The first-order chi connectivity index (χ1) is 15.4. The molecular formula is C22H22ClN3O5S. The number of ether oxygens (including phenoxy) is 2. The zero-order valence-electron chi connectivity index (χ0n) is 17.3. The van der Waals surface area contributed by atoms with Crippen molar-refractivity contribution in [3.63, 3.8) is 0 Å². The van der Waals surface area contributed by atoms with Gasteiger partial charge in [0.1, 0.15) is 5.54 Å². The molecule has 3 N–H and O–H groups in total. The fraction of sp³-hybridized carbons (Fsp3) is 0.318. The molecule has 0 unspecified atom stereocenters. The number of nitrogens with one attached hydrogen (secondary N) is 3. The summed E-state index contributed by atoms with van der Waals surface area (Å²) < 4.78 is 11.3. The molecular weight excluding hydrogens is 454 g/mol. The van der Waals surface area contributed by atoms with Gasteiger partial charge in [-0.25, -0.2) is 4.79 Å². The highest BCUT2D eigenvalue weighted by atomic mass is 35.5. The third kappa shape index (κ3) is 4.78. The second kappa shape index (κ2) is 9.30. The molecule has 0 bridgehead atoms. The molecule has 8 nitrogen and oxygen atoms in total. The summed E-state index contributed by atoms with van der Waals surface area (Å²) in [6.07, 6.45) is 0.774. The normalized spacial score (nSPS) is 19.7. The van der Waals surface area contributed by atoms with Crippen molar-refractivity contribution in [1.82, 2.24) is 16.0 Å². The molecule has 4 amide bonds. The first kappa shape index (κ1) is 22.3. The van der Waals surface area contributed by atoms with Crippen molar-refractivity contribution in [2.24, 2.45) is 0 Å². The lowest BCUT2D eigenvalue weighted by molar-refractivity contribution is -0.122. The SMILES string of the molecule is C[C@@]1(CSc2ccccc2C(=O)NCc2cc(Cl)c3c(c2)OCCCO3)NC(=O)NC1=O. The number of benzene rings is 2. The number of thioether (sulfide) groups is 1. The number of imide groups is 1. The summed E-state index contributed by atoms with van der Waals surface area (Å²) in [4.78, 5) is 37.1. The van der Waals surface area contributed by atoms with E-state index in [4.69, 9.17) is 21.1 Å². The highest BCUT2D eigenvalue weighted by molar-refractivity contribution is 7.99. The fourth-order valence-electron chi connectivity index (χ4n) is 3.35. The van der Waals surface area contributed by atoms with E-state index < -0.39 is 11.6 Å². The Balaban J connectivity index is 1.43. The van der Waals surface area contributed by atoms with Gasteiger partial charge in [0.15, 0.2) is 11.5 Å². The van der Waals surface area contributed by atoms with E-state index >= 15 is 0 Å². The standard InChI is InChI=1S/C22H22ClN3O5S/c1-22(20(28)25-21(29)26-22)12-32-17-6-3-2-5-14(17)19(27)24-11-13-9-15(23)18-16(10-13)30-7-4-8-31-18/h2-3,5-6,9-10H,4,7-8,11-12H2,1H3,(H,24,27)(H2,25,26,28,29)/t22-/m0/s1. The molecule has 2 aliphatic rings. The van der Waals surface area contributed by atoms with Crippen molar-refractivity contribution < 1.29 is 23.9 Å². The Hall–Kier alpha value is -2.91. The minimum Gasteiger partial charge on any atom is -0.489 e. The van der Waals surface area contributed by atoms with Crippen LogP contribution in [0.15, 0.2) is 41.3 Å². The van der Waals surface area contributed by atoms with Crippen molar-refractivity contribution in [3.05, 3.63) is 52.5 Å². The summed E-state index contributed by atoms with van der Waals surface area (Å²) in [6.45, 7) is 2.99. The van der Waals surface area contributed by atoms with E-state index in [1.165, 1.54) is 11.8 Å². The van der Waals surface area contributed by atoms with E-state index in [2.05, 4.69) is 16.0 Å². The van der Waals surface area contributed by atoms with Crippen LogP contribution in [0, 0.1) is 0 Å². The van der Waals surface area contributed by atoms with Crippen LogP contribution < -0.4 is 25.4 Å². The second-order valence-electron chi connectivity index (χ2n) is 7.66. The molecule has 0 saturated carbocycles. The van der Waals surface area contributed by atoms with Gasteiger partial charge in [0.05, 0.1) is 23.8 Å². The van der Waals surface area contributed by atoms with Gasteiger partial charge in [0, 0.05) is 23.6 Å². The first-order valence-corrected chi connectivity index (χ1v) is 11.4. The summed E-state index contributed by atoms with van der Waals surface area (Å²) in [5.74, 6) is 0.731. The van der Waals surface area contributed by atoms with E-state index in [9.17, 15) is 14.4 Å². The number of rotatable bonds is 6. The maximum atomic E-state index is 12.9. The van der Waals surface area contributed by atoms with Crippen LogP contribution in [0.2, 0.25) is 5.02 Å².